The van der Waals surface area contributed by atoms with E-state index in [1.807, 2.05) is 37.2 Å². The second-order valence-electron chi connectivity index (χ2n) is 9.99. The highest BCUT2D eigenvalue weighted by molar-refractivity contribution is 5.90. The van der Waals surface area contributed by atoms with E-state index in [-0.39, 0.29) is 5.91 Å². The summed E-state index contributed by atoms with van der Waals surface area (Å²) in [6.45, 7) is 0.827. The van der Waals surface area contributed by atoms with Crippen molar-refractivity contribution >= 4 is 28.6 Å². The Hall–Kier alpha value is -2.37. The van der Waals surface area contributed by atoms with Crippen LogP contribution in [-0.2, 0) is 4.79 Å². The lowest BCUT2D eigenvalue weighted by molar-refractivity contribution is -0.121. The van der Waals surface area contributed by atoms with E-state index in [4.69, 9.17) is 9.97 Å². The maximum atomic E-state index is 12.3. The van der Waals surface area contributed by atoms with Crippen LogP contribution in [0.1, 0.15) is 70.6 Å². The molecule has 2 aliphatic rings. The second kappa shape index (κ2) is 11.0. The summed E-state index contributed by atoms with van der Waals surface area (Å²) in [7, 11) is 4.04. The van der Waals surface area contributed by atoms with Gasteiger partial charge in [-0.1, -0.05) is 44.2 Å². The molecule has 0 aliphatic heterocycles. The molecule has 1 amide bonds. The normalized spacial score (nSPS) is 21.9. The van der Waals surface area contributed by atoms with Gasteiger partial charge >= 0.3 is 0 Å². The summed E-state index contributed by atoms with van der Waals surface area (Å²) >= 11 is 0. The van der Waals surface area contributed by atoms with E-state index in [0.29, 0.717) is 24.3 Å². The van der Waals surface area contributed by atoms with Crippen molar-refractivity contribution in [3.8, 4) is 0 Å². The van der Waals surface area contributed by atoms with Gasteiger partial charge in [0.05, 0.1) is 5.52 Å². The van der Waals surface area contributed by atoms with Gasteiger partial charge in [0.2, 0.25) is 11.9 Å². The molecule has 2 aromatic rings. The Morgan fingerprint density at radius 2 is 1.72 bits per heavy atom. The Morgan fingerprint density at radius 3 is 2.47 bits per heavy atom. The molecule has 4 rings (SSSR count). The van der Waals surface area contributed by atoms with Crippen molar-refractivity contribution in [2.45, 2.75) is 76.7 Å². The molecule has 6 heteroatoms. The summed E-state index contributed by atoms with van der Waals surface area (Å²) in [4.78, 5) is 23.9. The number of anilines is 2. The number of nitrogens with one attached hydrogen (secondary N) is 2. The van der Waals surface area contributed by atoms with Gasteiger partial charge in [0.25, 0.3) is 0 Å². The number of carbonyl (C=O) groups excluding carboxylic acids is 1. The number of nitrogens with zero attached hydrogens (tertiary/aromatic N) is 3. The lowest BCUT2D eigenvalue weighted by Crippen LogP contribution is -2.34. The number of amides is 1. The summed E-state index contributed by atoms with van der Waals surface area (Å²) in [5, 5.41) is 7.86. The molecule has 0 bridgehead atoms. The number of fused-ring (bicyclic) bond motifs is 1. The molecule has 2 saturated carbocycles. The molecule has 2 fully saturated rings. The number of rotatable bonds is 8. The largest absolute Gasteiger partial charge is 0.362 e. The maximum absolute atomic E-state index is 12.3. The molecular formula is C26H39N5O. The molecule has 2 N–H and O–H groups in total. The zero-order valence-electron chi connectivity index (χ0n) is 19.8. The van der Waals surface area contributed by atoms with Gasteiger partial charge in [-0.05, 0) is 56.1 Å². The summed E-state index contributed by atoms with van der Waals surface area (Å²) in [6, 6.07) is 8.56. The molecule has 0 spiro atoms. The van der Waals surface area contributed by atoms with Crippen LogP contribution in [0.2, 0.25) is 0 Å². The molecule has 32 heavy (non-hydrogen) atoms. The highest BCUT2D eigenvalue weighted by Crippen LogP contribution is 2.29. The van der Waals surface area contributed by atoms with Gasteiger partial charge in [0, 0.05) is 38.5 Å². The number of hydrogen-bond donors (Lipinski definition) is 2. The van der Waals surface area contributed by atoms with Crippen molar-refractivity contribution in [2.24, 2.45) is 11.8 Å². The Morgan fingerprint density at radius 1 is 0.969 bits per heavy atom. The zero-order valence-corrected chi connectivity index (χ0v) is 19.8. The third-order valence-electron chi connectivity index (χ3n) is 7.28. The van der Waals surface area contributed by atoms with Crippen LogP contribution in [0.25, 0.3) is 10.9 Å². The van der Waals surface area contributed by atoms with Crippen LogP contribution < -0.4 is 15.5 Å². The molecule has 0 unspecified atom stereocenters. The van der Waals surface area contributed by atoms with Crippen LogP contribution in [0.15, 0.2) is 24.3 Å². The van der Waals surface area contributed by atoms with E-state index in [1.54, 1.807) is 0 Å². The fourth-order valence-corrected chi connectivity index (χ4v) is 5.32. The predicted octanol–water partition coefficient (Wildman–Crippen LogP) is 5.14. The highest BCUT2D eigenvalue weighted by atomic mass is 16.1. The molecule has 1 heterocycles. The summed E-state index contributed by atoms with van der Waals surface area (Å²) in [5.41, 5.74) is 0.971. The minimum absolute atomic E-state index is 0.247. The number of para-hydroxylation sites is 1. The Bertz CT molecular complexity index is 885. The minimum atomic E-state index is 0.247. The van der Waals surface area contributed by atoms with E-state index in [9.17, 15) is 4.79 Å². The fraction of sp³-hybridized carbons (Fsp3) is 0.654. The number of benzene rings is 1. The topological polar surface area (TPSA) is 70.2 Å². The van der Waals surface area contributed by atoms with Crippen molar-refractivity contribution in [1.82, 2.24) is 15.3 Å². The predicted molar refractivity (Wildman–Crippen MR) is 132 cm³/mol. The summed E-state index contributed by atoms with van der Waals surface area (Å²) in [6.07, 6.45) is 13.0. The smallest absolute Gasteiger partial charge is 0.225 e. The molecule has 0 atom stereocenters. The monoisotopic (exact) mass is 437 g/mol. The molecule has 1 aromatic carbocycles. The van der Waals surface area contributed by atoms with Crippen molar-refractivity contribution in [3.05, 3.63) is 24.3 Å². The average Bonchev–Trinajstić information content (AvgIpc) is 2.82. The first-order chi connectivity index (χ1) is 15.6. The number of hydrogen-bond acceptors (Lipinski definition) is 5. The summed E-state index contributed by atoms with van der Waals surface area (Å²) < 4.78 is 0. The zero-order chi connectivity index (χ0) is 22.3. The molecule has 1 aromatic heterocycles. The molecule has 6 nitrogen and oxygen atoms in total. The van der Waals surface area contributed by atoms with Crippen LogP contribution in [0, 0.1) is 11.8 Å². The number of aromatic nitrogens is 2. The van der Waals surface area contributed by atoms with Crippen molar-refractivity contribution in [3.63, 3.8) is 0 Å². The fourth-order valence-electron chi connectivity index (χ4n) is 5.32. The molecular weight excluding hydrogens is 398 g/mol. The van der Waals surface area contributed by atoms with Crippen molar-refractivity contribution in [2.75, 3.05) is 30.9 Å². The van der Waals surface area contributed by atoms with E-state index >= 15 is 0 Å². The third-order valence-corrected chi connectivity index (χ3v) is 7.28. The van der Waals surface area contributed by atoms with E-state index in [2.05, 4.69) is 16.7 Å². The van der Waals surface area contributed by atoms with Crippen LogP contribution in [-0.4, -0.2) is 42.6 Å². The van der Waals surface area contributed by atoms with Gasteiger partial charge < -0.3 is 15.5 Å². The van der Waals surface area contributed by atoms with Crippen LogP contribution >= 0.6 is 0 Å². The highest BCUT2D eigenvalue weighted by Gasteiger charge is 2.23. The second-order valence-corrected chi connectivity index (χ2v) is 9.99. The molecule has 0 saturated heterocycles. The van der Waals surface area contributed by atoms with E-state index < -0.39 is 0 Å². The lowest BCUT2D eigenvalue weighted by Gasteiger charge is -2.29. The van der Waals surface area contributed by atoms with Crippen LogP contribution in [0.4, 0.5) is 11.8 Å². The van der Waals surface area contributed by atoms with Crippen LogP contribution in [0.5, 0.6) is 0 Å². The first-order valence-corrected chi connectivity index (χ1v) is 12.6. The van der Waals surface area contributed by atoms with Gasteiger partial charge in [0.1, 0.15) is 5.82 Å². The molecule has 0 radical (unpaired) electrons. The standard InChI is InChI=1S/C26H39N5O/c1-31(2)25-22-10-6-7-11-23(22)29-26(30-25)28-21-15-12-20(13-16-21)18-27-24(32)17-14-19-8-4-3-5-9-19/h6-7,10-11,19-21H,3-5,8-9,12-18H2,1-2H3,(H,27,32)(H,28,29,30)/t20-,21+. The minimum Gasteiger partial charge on any atom is -0.362 e. The first-order valence-electron chi connectivity index (χ1n) is 12.6. The lowest BCUT2D eigenvalue weighted by atomic mass is 9.85. The molecule has 2 aliphatic carbocycles. The van der Waals surface area contributed by atoms with E-state index in [1.165, 1.54) is 32.1 Å². The molecule has 174 valence electrons. The first kappa shape index (κ1) is 22.8. The Balaban J connectivity index is 1.21. The summed E-state index contributed by atoms with van der Waals surface area (Å²) in [5.74, 6) is 3.27. The maximum Gasteiger partial charge on any atom is 0.225 e. The van der Waals surface area contributed by atoms with Gasteiger partial charge in [-0.3, -0.25) is 4.79 Å². The Kier molecular flexibility index (Phi) is 7.82. The van der Waals surface area contributed by atoms with Crippen LogP contribution in [0.3, 0.4) is 0 Å². The van der Waals surface area contributed by atoms with Gasteiger partial charge in [-0.15, -0.1) is 0 Å². The number of carbonyl (C=O) groups is 1. The Labute approximate surface area is 192 Å². The SMILES string of the molecule is CN(C)c1nc(N[C@H]2CC[C@@H](CNC(=O)CCC3CCCCC3)CC2)nc2ccccc12. The van der Waals surface area contributed by atoms with Gasteiger partial charge in [-0.25, -0.2) is 4.98 Å². The average molecular weight is 438 g/mol. The van der Waals surface area contributed by atoms with Gasteiger partial charge in [-0.2, -0.15) is 4.98 Å². The third kappa shape index (κ3) is 6.11. The quantitative estimate of drug-likeness (QED) is 0.598. The van der Waals surface area contributed by atoms with Crippen molar-refractivity contribution < 1.29 is 4.79 Å². The van der Waals surface area contributed by atoms with Gasteiger partial charge in [0.15, 0.2) is 0 Å². The van der Waals surface area contributed by atoms with Crippen molar-refractivity contribution in [1.29, 1.82) is 0 Å². The van der Waals surface area contributed by atoms with E-state index in [0.717, 1.165) is 61.3 Å².